The molecular formula is C19H29NO3. The minimum Gasteiger partial charge on any atom is -0.493 e. The molecule has 4 nitrogen and oxygen atoms in total. The Labute approximate surface area is 139 Å². The van der Waals surface area contributed by atoms with Gasteiger partial charge in [-0.2, -0.15) is 0 Å². The van der Waals surface area contributed by atoms with Crippen LogP contribution in [0.5, 0.6) is 5.75 Å². The van der Waals surface area contributed by atoms with E-state index in [1.54, 1.807) is 0 Å². The third-order valence-electron chi connectivity index (χ3n) is 3.54. The molecule has 0 unspecified atom stereocenters. The Bertz CT molecular complexity index is 567. The largest absolute Gasteiger partial charge is 0.493 e. The summed E-state index contributed by atoms with van der Waals surface area (Å²) in [4.78, 5) is 12.1. The summed E-state index contributed by atoms with van der Waals surface area (Å²) in [5, 5.41) is 2.98. The number of fused-ring (bicyclic) bond motifs is 1. The molecule has 0 radical (unpaired) electrons. The average molecular weight is 319 g/mol. The molecule has 0 saturated heterocycles. The van der Waals surface area contributed by atoms with Gasteiger partial charge in [0.1, 0.15) is 11.4 Å². The zero-order valence-electron chi connectivity index (χ0n) is 15.2. The third kappa shape index (κ3) is 5.45. The van der Waals surface area contributed by atoms with Gasteiger partial charge in [0, 0.05) is 12.0 Å². The fraction of sp³-hybridized carbons (Fsp3) is 0.632. The van der Waals surface area contributed by atoms with Crippen molar-refractivity contribution in [2.75, 3.05) is 6.61 Å². The average Bonchev–Trinajstić information content (AvgIpc) is 2.35. The van der Waals surface area contributed by atoms with Crippen LogP contribution >= 0.6 is 0 Å². The summed E-state index contributed by atoms with van der Waals surface area (Å²) in [7, 11) is 0. The maximum Gasteiger partial charge on any atom is 0.408 e. The molecule has 0 fully saturated rings. The lowest BCUT2D eigenvalue weighted by Gasteiger charge is -2.29. The zero-order chi connectivity index (χ0) is 17.3. The number of rotatable bonds is 2. The van der Waals surface area contributed by atoms with Gasteiger partial charge in [-0.15, -0.1) is 0 Å². The van der Waals surface area contributed by atoms with Gasteiger partial charge in [-0.1, -0.05) is 32.9 Å². The van der Waals surface area contributed by atoms with Crippen molar-refractivity contribution in [3.8, 4) is 5.75 Å². The number of ether oxygens (including phenoxy) is 2. The summed E-state index contributed by atoms with van der Waals surface area (Å²) in [6, 6.07) is 6.22. The molecule has 0 aliphatic carbocycles. The first-order valence-corrected chi connectivity index (χ1v) is 8.29. The fourth-order valence-corrected chi connectivity index (χ4v) is 2.77. The molecule has 1 atom stereocenters. The number of hydrogen-bond acceptors (Lipinski definition) is 3. The van der Waals surface area contributed by atoms with Gasteiger partial charge in [0.25, 0.3) is 0 Å². The van der Waals surface area contributed by atoms with Gasteiger partial charge in [-0.05, 0) is 44.2 Å². The first kappa shape index (κ1) is 17.6. The molecule has 1 heterocycles. The second kappa shape index (κ2) is 6.42. The van der Waals surface area contributed by atoms with E-state index in [2.05, 4.69) is 38.2 Å². The molecule has 1 N–H and O–H groups in total. The third-order valence-corrected chi connectivity index (χ3v) is 3.54. The highest BCUT2D eigenvalue weighted by atomic mass is 16.6. The van der Waals surface area contributed by atoms with Gasteiger partial charge in [0.2, 0.25) is 0 Å². The van der Waals surface area contributed by atoms with Gasteiger partial charge in [0.15, 0.2) is 0 Å². The minimum absolute atomic E-state index is 0.0616. The molecule has 1 aromatic rings. The lowest BCUT2D eigenvalue weighted by Crippen LogP contribution is -2.36. The molecule has 4 heteroatoms. The summed E-state index contributed by atoms with van der Waals surface area (Å²) in [5.41, 5.74) is 2.03. The van der Waals surface area contributed by atoms with Crippen LogP contribution in [0.25, 0.3) is 0 Å². The maximum absolute atomic E-state index is 12.1. The maximum atomic E-state index is 12.1. The fourth-order valence-electron chi connectivity index (χ4n) is 2.77. The molecule has 0 spiro atoms. The van der Waals surface area contributed by atoms with E-state index < -0.39 is 5.60 Å². The molecule has 2 rings (SSSR count). The summed E-state index contributed by atoms with van der Waals surface area (Å²) < 4.78 is 11.1. The van der Waals surface area contributed by atoms with Gasteiger partial charge in [-0.25, -0.2) is 4.79 Å². The number of carbonyl (C=O) groups excluding carboxylic acids is 1. The normalized spacial score (nSPS) is 17.9. The highest BCUT2D eigenvalue weighted by molar-refractivity contribution is 5.68. The highest BCUT2D eigenvalue weighted by Crippen LogP contribution is 2.34. The van der Waals surface area contributed by atoms with E-state index >= 15 is 0 Å². The van der Waals surface area contributed by atoms with Crippen LogP contribution in [0.1, 0.15) is 65.1 Å². The molecule has 1 aliphatic rings. The molecule has 0 saturated carbocycles. The summed E-state index contributed by atoms with van der Waals surface area (Å²) in [6.07, 6.45) is 1.36. The standard InChI is InChI=1S/C19H29NO3/c1-18(2,3)12-13-7-8-16-14(11-13)15(9-10-22-16)20-17(21)23-19(4,5)6/h7-8,11,15H,9-10,12H2,1-6H3,(H,20,21)/t15-/m0/s1. The van der Waals surface area contributed by atoms with Crippen LogP contribution in [0.15, 0.2) is 18.2 Å². The molecule has 128 valence electrons. The van der Waals surface area contributed by atoms with Crippen LogP contribution < -0.4 is 10.1 Å². The van der Waals surface area contributed by atoms with Crippen molar-refractivity contribution in [3.63, 3.8) is 0 Å². The molecular weight excluding hydrogens is 290 g/mol. The van der Waals surface area contributed by atoms with Crippen LogP contribution in [-0.2, 0) is 11.2 Å². The van der Waals surface area contributed by atoms with E-state index in [-0.39, 0.29) is 17.6 Å². The molecule has 0 aromatic heterocycles. The highest BCUT2D eigenvalue weighted by Gasteiger charge is 2.26. The van der Waals surface area contributed by atoms with Crippen molar-refractivity contribution in [3.05, 3.63) is 29.3 Å². The number of benzene rings is 1. The minimum atomic E-state index is -0.494. The van der Waals surface area contributed by atoms with Crippen LogP contribution in [0.4, 0.5) is 4.79 Å². The Kier molecular flexibility index (Phi) is 4.92. The molecule has 1 aromatic carbocycles. The SMILES string of the molecule is CC(C)(C)Cc1ccc2c(c1)[C@@H](NC(=O)OC(C)(C)C)CCO2. The van der Waals surface area contributed by atoms with E-state index in [0.29, 0.717) is 6.61 Å². The lowest BCUT2D eigenvalue weighted by molar-refractivity contribution is 0.0491. The Morgan fingerprint density at radius 1 is 1.26 bits per heavy atom. The lowest BCUT2D eigenvalue weighted by atomic mass is 9.86. The van der Waals surface area contributed by atoms with E-state index in [9.17, 15) is 4.79 Å². The van der Waals surface area contributed by atoms with Crippen LogP contribution in [0.3, 0.4) is 0 Å². The Balaban J connectivity index is 2.16. The summed E-state index contributed by atoms with van der Waals surface area (Å²) >= 11 is 0. The Morgan fingerprint density at radius 3 is 2.57 bits per heavy atom. The van der Waals surface area contributed by atoms with Crippen LogP contribution in [-0.4, -0.2) is 18.3 Å². The number of nitrogens with one attached hydrogen (secondary N) is 1. The van der Waals surface area contributed by atoms with Gasteiger partial charge in [0.05, 0.1) is 12.6 Å². The first-order chi connectivity index (χ1) is 10.5. The number of amides is 1. The van der Waals surface area contributed by atoms with E-state index in [1.165, 1.54) is 5.56 Å². The van der Waals surface area contributed by atoms with Crippen LogP contribution in [0.2, 0.25) is 0 Å². The Morgan fingerprint density at radius 2 is 1.96 bits per heavy atom. The van der Waals surface area contributed by atoms with Crippen molar-refractivity contribution in [2.45, 2.75) is 66.0 Å². The first-order valence-electron chi connectivity index (χ1n) is 8.29. The second-order valence-corrected chi connectivity index (χ2v) is 8.45. The van der Waals surface area contributed by atoms with E-state index in [1.807, 2.05) is 26.8 Å². The summed E-state index contributed by atoms with van der Waals surface area (Å²) in [6.45, 7) is 12.9. The van der Waals surface area contributed by atoms with Crippen molar-refractivity contribution < 1.29 is 14.3 Å². The molecule has 23 heavy (non-hydrogen) atoms. The number of carbonyl (C=O) groups is 1. The summed E-state index contributed by atoms with van der Waals surface area (Å²) in [5.74, 6) is 0.856. The smallest absolute Gasteiger partial charge is 0.408 e. The van der Waals surface area contributed by atoms with E-state index in [4.69, 9.17) is 9.47 Å². The van der Waals surface area contributed by atoms with Gasteiger partial charge in [-0.3, -0.25) is 0 Å². The van der Waals surface area contributed by atoms with Gasteiger partial charge >= 0.3 is 6.09 Å². The topological polar surface area (TPSA) is 47.6 Å². The monoisotopic (exact) mass is 319 g/mol. The quantitative estimate of drug-likeness (QED) is 0.865. The molecule has 0 bridgehead atoms. The van der Waals surface area contributed by atoms with Crippen molar-refractivity contribution >= 4 is 6.09 Å². The predicted molar refractivity (Wildman–Crippen MR) is 91.8 cm³/mol. The van der Waals surface area contributed by atoms with E-state index in [0.717, 1.165) is 24.2 Å². The van der Waals surface area contributed by atoms with Crippen molar-refractivity contribution in [1.29, 1.82) is 0 Å². The number of hydrogen-bond donors (Lipinski definition) is 1. The van der Waals surface area contributed by atoms with Gasteiger partial charge < -0.3 is 14.8 Å². The van der Waals surface area contributed by atoms with Crippen molar-refractivity contribution in [2.24, 2.45) is 5.41 Å². The molecule has 1 amide bonds. The zero-order valence-corrected chi connectivity index (χ0v) is 15.2. The number of alkyl carbamates (subject to hydrolysis) is 1. The molecule has 1 aliphatic heterocycles. The predicted octanol–water partition coefficient (Wildman–Crippen LogP) is 4.62. The Hall–Kier alpha value is -1.71. The van der Waals surface area contributed by atoms with Crippen LogP contribution in [0, 0.1) is 5.41 Å². The van der Waals surface area contributed by atoms with Crippen molar-refractivity contribution in [1.82, 2.24) is 5.32 Å². The second-order valence-electron chi connectivity index (χ2n) is 8.45.